The van der Waals surface area contributed by atoms with Crippen LogP contribution in [0.15, 0.2) is 0 Å². The minimum absolute atomic E-state index is 0.270. The van der Waals surface area contributed by atoms with Crippen molar-refractivity contribution in [1.29, 1.82) is 0 Å². The fraction of sp³-hybridized carbons (Fsp3) is 0.962. The van der Waals surface area contributed by atoms with Crippen LogP contribution >= 0.6 is 0 Å². The second-order valence-electron chi connectivity index (χ2n) is 12.5. The van der Waals surface area contributed by atoms with Gasteiger partial charge in [0.15, 0.2) is 0 Å². The van der Waals surface area contributed by atoms with E-state index < -0.39 is 0 Å². The molecule has 5 saturated carbocycles. The van der Waals surface area contributed by atoms with E-state index in [-0.39, 0.29) is 5.60 Å². The fourth-order valence-corrected chi connectivity index (χ4v) is 10.4. The molecule has 172 valence electrons. The van der Waals surface area contributed by atoms with Crippen molar-refractivity contribution in [2.45, 2.75) is 97.6 Å². The van der Waals surface area contributed by atoms with Crippen LogP contribution < -0.4 is 0 Å². The zero-order valence-corrected chi connectivity index (χ0v) is 20.0. The molecule has 1 aromatic rings. The van der Waals surface area contributed by atoms with Crippen molar-refractivity contribution >= 4 is 0 Å². The average Bonchev–Trinajstić information content (AvgIpc) is 2.97. The van der Waals surface area contributed by atoms with Gasteiger partial charge in [-0.25, -0.2) is 4.68 Å². The molecule has 2 unspecified atom stereocenters. The second-order valence-corrected chi connectivity index (χ2v) is 12.5. The summed E-state index contributed by atoms with van der Waals surface area (Å²) in [6.45, 7) is 10.4. The monoisotopic (exact) mass is 426 g/mol. The molecule has 1 heterocycles. The van der Waals surface area contributed by atoms with Gasteiger partial charge in [0.25, 0.3) is 0 Å². The van der Waals surface area contributed by atoms with E-state index in [4.69, 9.17) is 0 Å². The Morgan fingerprint density at radius 3 is 2.52 bits per heavy atom. The summed E-state index contributed by atoms with van der Waals surface area (Å²) >= 11 is 0. The van der Waals surface area contributed by atoms with Crippen LogP contribution in [0.1, 0.15) is 84.4 Å². The molecule has 0 amide bonds. The normalized spacial score (nSPS) is 51.4. The highest BCUT2D eigenvalue weighted by atomic mass is 16.3. The molecule has 0 aliphatic heterocycles. The molecule has 1 aromatic heterocycles. The maximum absolute atomic E-state index is 11.1. The predicted molar refractivity (Wildman–Crippen MR) is 120 cm³/mol. The maximum atomic E-state index is 11.1. The van der Waals surface area contributed by atoms with E-state index in [0.29, 0.717) is 23.2 Å². The number of aliphatic hydroxyl groups is 1. The van der Waals surface area contributed by atoms with Crippen LogP contribution in [0.5, 0.6) is 0 Å². The first-order valence-corrected chi connectivity index (χ1v) is 13.3. The third-order valence-corrected chi connectivity index (χ3v) is 11.7. The number of aryl methyl sites for hydroxylation is 1. The van der Waals surface area contributed by atoms with Crippen molar-refractivity contribution in [3.05, 3.63) is 5.82 Å². The molecular weight excluding hydrogens is 384 g/mol. The van der Waals surface area contributed by atoms with Crippen LogP contribution in [0.3, 0.4) is 0 Å². The largest absolute Gasteiger partial charge is 0.389 e. The van der Waals surface area contributed by atoms with Gasteiger partial charge >= 0.3 is 0 Å². The number of fused-ring (bicyclic) bond motifs is 7. The Balaban J connectivity index is 1.19. The number of hydrogen-bond donors (Lipinski definition) is 1. The van der Waals surface area contributed by atoms with Gasteiger partial charge in [-0.2, -0.15) is 0 Å². The zero-order chi connectivity index (χ0) is 21.5. The molecule has 0 radical (unpaired) electrons. The Morgan fingerprint density at radius 2 is 1.77 bits per heavy atom. The van der Waals surface area contributed by atoms with Gasteiger partial charge in [0.05, 0.1) is 5.60 Å². The fourth-order valence-electron chi connectivity index (χ4n) is 10.4. The minimum Gasteiger partial charge on any atom is -0.389 e. The average molecular weight is 427 g/mol. The van der Waals surface area contributed by atoms with Crippen molar-refractivity contribution in [2.24, 2.45) is 58.7 Å². The summed E-state index contributed by atoms with van der Waals surface area (Å²) in [5.41, 5.74) is 0.227. The second kappa shape index (κ2) is 7.01. The molecule has 0 bridgehead atoms. The molecular formula is C26H42N4O. The van der Waals surface area contributed by atoms with E-state index in [2.05, 4.69) is 36.3 Å². The Labute approximate surface area is 187 Å². The van der Waals surface area contributed by atoms with Gasteiger partial charge in [-0.3, -0.25) is 0 Å². The molecule has 31 heavy (non-hydrogen) atoms. The van der Waals surface area contributed by atoms with E-state index in [0.717, 1.165) is 54.3 Å². The van der Waals surface area contributed by atoms with Crippen LogP contribution in [-0.2, 0) is 6.54 Å². The van der Waals surface area contributed by atoms with Crippen molar-refractivity contribution in [3.8, 4) is 0 Å². The SMILES string of the molecule is CCC1C2[C@@H]3CC[C@@H]4[C@H](CC[C@]5(C)[C@@H]([C@@H](C)Cn6nnnc6C)CC[C@@H]45)[C@H]3CC[C@]12O. The van der Waals surface area contributed by atoms with Crippen molar-refractivity contribution in [3.63, 3.8) is 0 Å². The molecule has 0 aromatic carbocycles. The third-order valence-electron chi connectivity index (χ3n) is 11.7. The van der Waals surface area contributed by atoms with Crippen molar-refractivity contribution in [1.82, 2.24) is 20.2 Å². The summed E-state index contributed by atoms with van der Waals surface area (Å²) < 4.78 is 2.02. The molecule has 0 saturated heterocycles. The van der Waals surface area contributed by atoms with E-state index in [1.54, 1.807) is 0 Å². The van der Waals surface area contributed by atoms with Crippen LogP contribution in [0.2, 0.25) is 0 Å². The highest BCUT2D eigenvalue weighted by molar-refractivity contribution is 5.19. The molecule has 11 atom stereocenters. The Kier molecular flexibility index (Phi) is 4.67. The smallest absolute Gasteiger partial charge is 0.148 e. The lowest BCUT2D eigenvalue weighted by Crippen LogP contribution is -2.50. The molecule has 5 heteroatoms. The van der Waals surface area contributed by atoms with Gasteiger partial charge < -0.3 is 5.11 Å². The van der Waals surface area contributed by atoms with Gasteiger partial charge in [-0.05, 0) is 127 Å². The summed E-state index contributed by atoms with van der Waals surface area (Å²) in [6, 6.07) is 0. The number of nitrogens with zero attached hydrogens (tertiary/aromatic N) is 4. The van der Waals surface area contributed by atoms with Gasteiger partial charge in [0.1, 0.15) is 5.82 Å². The summed E-state index contributed by atoms with van der Waals surface area (Å²) in [5.74, 6) is 8.15. The first-order valence-electron chi connectivity index (χ1n) is 13.3. The van der Waals surface area contributed by atoms with E-state index in [1.165, 1.54) is 51.4 Å². The molecule has 5 aliphatic rings. The van der Waals surface area contributed by atoms with Crippen LogP contribution in [0, 0.1) is 65.6 Å². The number of hydrogen-bond acceptors (Lipinski definition) is 4. The van der Waals surface area contributed by atoms with E-state index >= 15 is 0 Å². The Morgan fingerprint density at radius 1 is 1.03 bits per heavy atom. The van der Waals surface area contributed by atoms with Crippen LogP contribution in [-0.4, -0.2) is 30.9 Å². The lowest BCUT2D eigenvalue weighted by atomic mass is 9.49. The standard InChI is InChI=1S/C26H42N4O/c1-5-21-24-20-7-6-19-17(18(20)11-13-26(21,24)31)10-12-25(4)22(8-9-23(19)25)15(2)14-30-16(3)27-28-29-30/h15,17-24,31H,5-14H2,1-4H3/t15-,17+,18+,19+,20+,21?,22+,23-,24?,25+,26-/m0/s1. The topological polar surface area (TPSA) is 63.8 Å². The van der Waals surface area contributed by atoms with Gasteiger partial charge in [-0.1, -0.05) is 27.2 Å². The van der Waals surface area contributed by atoms with Crippen molar-refractivity contribution < 1.29 is 5.11 Å². The summed E-state index contributed by atoms with van der Waals surface area (Å²) in [6.07, 6.45) is 12.1. The van der Waals surface area contributed by atoms with Gasteiger partial charge in [0.2, 0.25) is 0 Å². The van der Waals surface area contributed by atoms with E-state index in [1.807, 2.05) is 11.6 Å². The van der Waals surface area contributed by atoms with Gasteiger partial charge in [-0.15, -0.1) is 5.10 Å². The lowest BCUT2D eigenvalue weighted by molar-refractivity contribution is -0.0846. The highest BCUT2D eigenvalue weighted by Gasteiger charge is 2.70. The third kappa shape index (κ3) is 2.80. The summed E-state index contributed by atoms with van der Waals surface area (Å²) in [7, 11) is 0. The molecule has 6 rings (SSSR count). The molecule has 5 aliphatic carbocycles. The number of tetrazole rings is 1. The molecule has 5 fully saturated rings. The first-order chi connectivity index (χ1) is 14.9. The molecule has 1 N–H and O–H groups in total. The summed E-state index contributed by atoms with van der Waals surface area (Å²) in [4.78, 5) is 0. The van der Waals surface area contributed by atoms with Crippen molar-refractivity contribution in [2.75, 3.05) is 0 Å². The highest BCUT2D eigenvalue weighted by Crippen LogP contribution is 2.71. The predicted octanol–water partition coefficient (Wildman–Crippen LogP) is 4.88. The number of rotatable bonds is 4. The minimum atomic E-state index is -0.270. The Bertz CT molecular complexity index is 839. The maximum Gasteiger partial charge on any atom is 0.148 e. The molecule has 0 spiro atoms. The lowest BCUT2D eigenvalue weighted by Gasteiger charge is -2.56. The van der Waals surface area contributed by atoms with Gasteiger partial charge in [0, 0.05) is 6.54 Å². The quantitative estimate of drug-likeness (QED) is 0.745. The Hall–Kier alpha value is -0.970. The summed E-state index contributed by atoms with van der Waals surface area (Å²) in [5, 5.41) is 23.3. The van der Waals surface area contributed by atoms with Crippen LogP contribution in [0.4, 0.5) is 0 Å². The number of aromatic nitrogens is 4. The first kappa shape index (κ1) is 20.6. The van der Waals surface area contributed by atoms with E-state index in [9.17, 15) is 5.11 Å². The zero-order valence-electron chi connectivity index (χ0n) is 20.0. The molecule has 5 nitrogen and oxygen atoms in total. The van der Waals surface area contributed by atoms with Crippen LogP contribution in [0.25, 0.3) is 0 Å².